The van der Waals surface area contributed by atoms with Gasteiger partial charge < -0.3 is 19.5 Å². The molecule has 0 amide bonds. The van der Waals surface area contributed by atoms with Crippen molar-refractivity contribution in [3.8, 4) is 5.75 Å². The van der Waals surface area contributed by atoms with Crippen LogP contribution in [-0.4, -0.2) is 79.9 Å². The first kappa shape index (κ1) is 26.5. The number of hydrogen-bond acceptors (Lipinski definition) is 6. The largest absolute Gasteiger partial charge is 0.497 e. The van der Waals surface area contributed by atoms with E-state index in [0.717, 1.165) is 61.6 Å². The van der Waals surface area contributed by atoms with Crippen LogP contribution in [0.25, 0.3) is 10.9 Å². The third-order valence-corrected chi connectivity index (χ3v) is 5.15. The normalized spacial score (nSPS) is 14.2. The summed E-state index contributed by atoms with van der Waals surface area (Å²) in [4.78, 5) is 15.5. The van der Waals surface area contributed by atoms with Gasteiger partial charge in [-0.15, -0.1) is 0 Å². The van der Waals surface area contributed by atoms with Gasteiger partial charge in [0.05, 0.1) is 26.6 Å². The number of ether oxygens (including phenoxy) is 2. The number of benzene rings is 2. The van der Waals surface area contributed by atoms with Crippen molar-refractivity contribution in [1.82, 2.24) is 9.47 Å². The zero-order chi connectivity index (χ0) is 23.1. The third kappa shape index (κ3) is 7.65. The minimum atomic E-state index is -3.67. The number of nitrogens with zero attached hydrogens (tertiary/aromatic N) is 2. The quantitative estimate of drug-likeness (QED) is 0.423. The van der Waals surface area contributed by atoms with Crippen LogP contribution >= 0.6 is 0 Å². The van der Waals surface area contributed by atoms with E-state index in [1.54, 1.807) is 7.11 Å². The average molecular weight is 479 g/mol. The number of fused-ring (bicyclic) bond motifs is 1. The molecule has 0 saturated carbocycles. The van der Waals surface area contributed by atoms with Gasteiger partial charge in [0.15, 0.2) is 5.78 Å². The van der Waals surface area contributed by atoms with Crippen molar-refractivity contribution in [2.45, 2.75) is 6.54 Å². The van der Waals surface area contributed by atoms with Gasteiger partial charge in [-0.1, -0.05) is 18.2 Å². The molecular weight excluding hydrogens is 448 g/mol. The summed E-state index contributed by atoms with van der Waals surface area (Å²) in [5.41, 5.74) is 2.52. The lowest BCUT2D eigenvalue weighted by atomic mass is 10.0. The molecule has 2 aromatic carbocycles. The fourth-order valence-electron chi connectivity index (χ4n) is 3.58. The lowest BCUT2D eigenvalue weighted by Gasteiger charge is -2.26. The van der Waals surface area contributed by atoms with Crippen LogP contribution in [0.5, 0.6) is 5.75 Å². The van der Waals surface area contributed by atoms with Crippen LogP contribution in [0, 0.1) is 0 Å². The highest BCUT2D eigenvalue weighted by Crippen LogP contribution is 2.25. The number of ketones is 1. The third-order valence-electron chi connectivity index (χ3n) is 5.15. The van der Waals surface area contributed by atoms with Crippen LogP contribution in [0.1, 0.15) is 15.9 Å². The molecule has 2 heterocycles. The summed E-state index contributed by atoms with van der Waals surface area (Å²) in [6.45, 7) is 5.35. The Balaban J connectivity index is 0.000000583. The molecule has 4 rings (SSSR count). The van der Waals surface area contributed by atoms with E-state index in [-0.39, 0.29) is 11.3 Å². The number of carbonyl (C=O) groups is 1. The first-order valence-corrected chi connectivity index (χ1v) is 12.1. The molecule has 33 heavy (non-hydrogen) atoms. The van der Waals surface area contributed by atoms with Crippen LogP contribution in [0.3, 0.4) is 0 Å². The molecule has 9 nitrogen and oxygen atoms in total. The standard InChI is InChI=1S/C22H24N2O3.CH4O3S.H2O/c1-26-18-8-6-17(7-9-18)22(25)20-16-24(21-5-3-2-4-19(20)21)11-10-23-12-14-27-15-13-23;1-5(2,3)4;/h2-9,16H,10-15H2,1H3;1H3,(H,2,3,4);1H2. The average Bonchev–Trinajstić information content (AvgIpc) is 3.16. The predicted octanol–water partition coefficient (Wildman–Crippen LogP) is 1.89. The summed E-state index contributed by atoms with van der Waals surface area (Å²) in [5, 5.41) is 1.00. The van der Waals surface area contributed by atoms with E-state index in [9.17, 15) is 13.2 Å². The van der Waals surface area contributed by atoms with Crippen molar-refractivity contribution in [3.63, 3.8) is 0 Å². The van der Waals surface area contributed by atoms with Crippen molar-refractivity contribution < 1.29 is 32.7 Å². The fourth-order valence-corrected chi connectivity index (χ4v) is 3.58. The smallest absolute Gasteiger partial charge is 0.261 e. The van der Waals surface area contributed by atoms with E-state index in [0.29, 0.717) is 11.8 Å². The van der Waals surface area contributed by atoms with E-state index < -0.39 is 10.1 Å². The zero-order valence-corrected chi connectivity index (χ0v) is 19.5. The highest BCUT2D eigenvalue weighted by molar-refractivity contribution is 7.85. The van der Waals surface area contributed by atoms with Crippen molar-refractivity contribution in [1.29, 1.82) is 0 Å². The first-order chi connectivity index (χ1) is 15.3. The maximum absolute atomic E-state index is 13.1. The molecule has 180 valence electrons. The van der Waals surface area contributed by atoms with E-state index in [1.165, 1.54) is 0 Å². The van der Waals surface area contributed by atoms with Crippen LogP contribution in [-0.2, 0) is 21.4 Å². The monoisotopic (exact) mass is 478 g/mol. The van der Waals surface area contributed by atoms with Crippen LogP contribution in [0.2, 0.25) is 0 Å². The fraction of sp³-hybridized carbons (Fsp3) is 0.348. The Morgan fingerprint density at radius 1 is 1.06 bits per heavy atom. The number of morpholine rings is 1. The van der Waals surface area contributed by atoms with Crippen molar-refractivity contribution in [2.75, 3.05) is 46.2 Å². The summed E-state index contributed by atoms with van der Waals surface area (Å²) >= 11 is 0. The Bertz CT molecular complexity index is 1140. The minimum absolute atomic E-state index is 0. The van der Waals surface area contributed by atoms with Crippen molar-refractivity contribution in [3.05, 3.63) is 65.9 Å². The number of rotatable bonds is 6. The Hall–Kier alpha value is -2.76. The molecular formula is C23H30N2O7S. The highest BCUT2D eigenvalue weighted by atomic mass is 32.2. The van der Waals surface area contributed by atoms with E-state index in [2.05, 4.69) is 15.5 Å². The topological polar surface area (TPSA) is 130 Å². The molecule has 10 heteroatoms. The Labute approximate surface area is 193 Å². The predicted molar refractivity (Wildman–Crippen MR) is 127 cm³/mol. The molecule has 0 unspecified atom stereocenters. The van der Waals surface area contributed by atoms with Crippen LogP contribution < -0.4 is 4.74 Å². The van der Waals surface area contributed by atoms with E-state index >= 15 is 0 Å². The molecule has 1 fully saturated rings. The summed E-state index contributed by atoms with van der Waals surface area (Å²) in [6.07, 6.45) is 2.71. The summed E-state index contributed by atoms with van der Waals surface area (Å²) in [6, 6.07) is 15.4. The van der Waals surface area contributed by atoms with Gasteiger partial charge in [0.1, 0.15) is 5.75 Å². The van der Waals surface area contributed by atoms with Gasteiger partial charge in [-0.05, 0) is 30.3 Å². The molecule has 0 spiro atoms. The molecule has 3 aromatic rings. The number of para-hydroxylation sites is 1. The molecule has 1 saturated heterocycles. The maximum Gasteiger partial charge on any atom is 0.261 e. The zero-order valence-electron chi connectivity index (χ0n) is 18.7. The Kier molecular flexibility index (Phi) is 9.56. The van der Waals surface area contributed by atoms with Crippen LogP contribution in [0.4, 0.5) is 0 Å². The summed E-state index contributed by atoms with van der Waals surface area (Å²) < 4.78 is 38.7. The number of hydrogen-bond donors (Lipinski definition) is 1. The van der Waals surface area contributed by atoms with Gasteiger partial charge in [0.2, 0.25) is 0 Å². The van der Waals surface area contributed by atoms with Gasteiger partial charge in [0, 0.05) is 54.4 Å². The Morgan fingerprint density at radius 2 is 1.67 bits per heavy atom. The molecule has 0 radical (unpaired) electrons. The molecule has 1 aromatic heterocycles. The van der Waals surface area contributed by atoms with E-state index in [4.69, 9.17) is 14.0 Å². The number of carbonyl (C=O) groups excluding carboxylic acids is 1. The van der Waals surface area contributed by atoms with Gasteiger partial charge in [-0.2, -0.15) is 8.42 Å². The van der Waals surface area contributed by atoms with E-state index in [1.807, 2.05) is 48.7 Å². The molecule has 1 aliphatic rings. The Morgan fingerprint density at radius 3 is 2.27 bits per heavy atom. The first-order valence-electron chi connectivity index (χ1n) is 10.3. The second-order valence-corrected chi connectivity index (χ2v) is 8.96. The van der Waals surface area contributed by atoms with Gasteiger partial charge >= 0.3 is 0 Å². The lowest BCUT2D eigenvalue weighted by Crippen LogP contribution is -2.38. The highest BCUT2D eigenvalue weighted by Gasteiger charge is 2.17. The number of aromatic nitrogens is 1. The molecule has 1 aliphatic heterocycles. The second kappa shape index (κ2) is 11.9. The van der Waals surface area contributed by atoms with Crippen molar-refractivity contribution in [2.24, 2.45) is 0 Å². The molecule has 0 atom stereocenters. The molecule has 0 bridgehead atoms. The lowest BCUT2D eigenvalue weighted by molar-refractivity contribution is 0.0365. The van der Waals surface area contributed by atoms with Gasteiger partial charge in [-0.25, -0.2) is 0 Å². The van der Waals surface area contributed by atoms with Crippen molar-refractivity contribution >= 4 is 26.8 Å². The summed E-state index contributed by atoms with van der Waals surface area (Å²) in [5.74, 6) is 0.790. The SMILES string of the molecule is COc1ccc(C(=O)c2cn(CCN3CCOCC3)c3ccccc23)cc1.CS(=O)(=O)O.O. The van der Waals surface area contributed by atoms with Gasteiger partial charge in [0.25, 0.3) is 10.1 Å². The minimum Gasteiger partial charge on any atom is -0.497 e. The molecule has 3 N–H and O–H groups in total. The maximum atomic E-state index is 13.1. The summed E-state index contributed by atoms with van der Waals surface area (Å²) in [7, 11) is -2.04. The molecule has 0 aliphatic carbocycles. The van der Waals surface area contributed by atoms with Gasteiger partial charge in [-0.3, -0.25) is 14.2 Å². The number of methoxy groups -OCH3 is 1. The van der Waals surface area contributed by atoms with Crippen LogP contribution in [0.15, 0.2) is 54.7 Å². The second-order valence-electron chi connectivity index (χ2n) is 7.50.